The minimum atomic E-state index is -0.261. The van der Waals surface area contributed by atoms with Crippen LogP contribution in [0.3, 0.4) is 0 Å². The largest absolute Gasteiger partial charge is 0.463 e. The molecular formula is C11H19NO3. The van der Waals surface area contributed by atoms with Gasteiger partial charge in [0.15, 0.2) is 0 Å². The standard InChI is InChI=1S/C11H19NO3/c1-2-15-11(14)9-10-5-3-6-12(10)7-4-8-13/h9,13H,2-8H2,1H3/b10-9-. The summed E-state index contributed by atoms with van der Waals surface area (Å²) in [6.07, 6.45) is 4.34. The van der Waals surface area contributed by atoms with Crippen LogP contribution in [-0.2, 0) is 9.53 Å². The van der Waals surface area contributed by atoms with E-state index in [0.29, 0.717) is 6.61 Å². The fraction of sp³-hybridized carbons (Fsp3) is 0.727. The molecule has 0 aromatic heterocycles. The van der Waals surface area contributed by atoms with Crippen LogP contribution in [0.15, 0.2) is 11.8 Å². The lowest BCUT2D eigenvalue weighted by Crippen LogP contribution is -2.20. The summed E-state index contributed by atoms with van der Waals surface area (Å²) >= 11 is 0. The SMILES string of the molecule is CCOC(=O)/C=C1/CCCN1CCCO. The number of likely N-dealkylation sites (tertiary alicyclic amines) is 1. The minimum absolute atomic E-state index is 0.198. The highest BCUT2D eigenvalue weighted by Gasteiger charge is 2.17. The molecule has 1 N–H and O–H groups in total. The first-order valence-electron chi connectivity index (χ1n) is 5.51. The summed E-state index contributed by atoms with van der Waals surface area (Å²) in [4.78, 5) is 13.4. The highest BCUT2D eigenvalue weighted by Crippen LogP contribution is 2.20. The number of hydrogen-bond acceptors (Lipinski definition) is 4. The molecule has 0 saturated carbocycles. The van der Waals surface area contributed by atoms with Crippen LogP contribution in [0.5, 0.6) is 0 Å². The van der Waals surface area contributed by atoms with Gasteiger partial charge in [0.25, 0.3) is 0 Å². The van der Waals surface area contributed by atoms with Gasteiger partial charge in [-0.2, -0.15) is 0 Å². The second-order valence-electron chi connectivity index (χ2n) is 3.56. The number of aliphatic hydroxyl groups is 1. The maximum atomic E-state index is 11.2. The molecule has 0 aliphatic carbocycles. The van der Waals surface area contributed by atoms with Gasteiger partial charge in [0.2, 0.25) is 0 Å². The molecule has 4 heteroatoms. The van der Waals surface area contributed by atoms with Gasteiger partial charge in [0, 0.05) is 31.5 Å². The highest BCUT2D eigenvalue weighted by molar-refractivity contribution is 5.82. The zero-order chi connectivity index (χ0) is 11.1. The van der Waals surface area contributed by atoms with Gasteiger partial charge in [-0.05, 0) is 26.2 Å². The third kappa shape index (κ3) is 3.91. The van der Waals surface area contributed by atoms with Gasteiger partial charge >= 0.3 is 5.97 Å². The molecule has 0 aromatic carbocycles. The van der Waals surface area contributed by atoms with E-state index in [2.05, 4.69) is 4.90 Å². The first kappa shape index (κ1) is 12.0. The molecule has 4 nitrogen and oxygen atoms in total. The van der Waals surface area contributed by atoms with Crippen molar-refractivity contribution < 1.29 is 14.6 Å². The van der Waals surface area contributed by atoms with Gasteiger partial charge in [0.05, 0.1) is 6.61 Å². The quantitative estimate of drug-likeness (QED) is 0.545. The minimum Gasteiger partial charge on any atom is -0.463 e. The zero-order valence-electron chi connectivity index (χ0n) is 9.24. The molecule has 0 unspecified atom stereocenters. The summed E-state index contributed by atoms with van der Waals surface area (Å²) < 4.78 is 4.87. The highest BCUT2D eigenvalue weighted by atomic mass is 16.5. The van der Waals surface area contributed by atoms with Crippen molar-refractivity contribution in [2.24, 2.45) is 0 Å². The summed E-state index contributed by atoms with van der Waals surface area (Å²) in [7, 11) is 0. The number of aliphatic hydroxyl groups excluding tert-OH is 1. The third-order valence-electron chi connectivity index (χ3n) is 2.42. The summed E-state index contributed by atoms with van der Waals surface area (Å²) in [5, 5.41) is 8.74. The smallest absolute Gasteiger partial charge is 0.332 e. The van der Waals surface area contributed by atoms with Crippen LogP contribution in [0.4, 0.5) is 0 Å². The summed E-state index contributed by atoms with van der Waals surface area (Å²) in [5.74, 6) is -0.261. The molecule has 0 spiro atoms. The van der Waals surface area contributed by atoms with Crippen LogP contribution in [0.25, 0.3) is 0 Å². The van der Waals surface area contributed by atoms with E-state index in [-0.39, 0.29) is 12.6 Å². The van der Waals surface area contributed by atoms with Crippen molar-refractivity contribution in [2.45, 2.75) is 26.2 Å². The molecule has 1 saturated heterocycles. The van der Waals surface area contributed by atoms with Crippen molar-refractivity contribution in [1.29, 1.82) is 0 Å². The molecular weight excluding hydrogens is 194 g/mol. The number of esters is 1. The van der Waals surface area contributed by atoms with Crippen molar-refractivity contribution in [2.75, 3.05) is 26.3 Å². The van der Waals surface area contributed by atoms with E-state index < -0.39 is 0 Å². The van der Waals surface area contributed by atoms with Crippen LogP contribution in [0, 0.1) is 0 Å². The van der Waals surface area contributed by atoms with Crippen LogP contribution in [0.1, 0.15) is 26.2 Å². The lowest BCUT2D eigenvalue weighted by atomic mass is 10.3. The molecule has 0 atom stereocenters. The number of hydrogen-bond donors (Lipinski definition) is 1. The third-order valence-corrected chi connectivity index (χ3v) is 2.42. The van der Waals surface area contributed by atoms with Gasteiger partial charge in [-0.15, -0.1) is 0 Å². The average Bonchev–Trinajstić information content (AvgIpc) is 2.63. The van der Waals surface area contributed by atoms with E-state index in [1.165, 1.54) is 0 Å². The van der Waals surface area contributed by atoms with Crippen molar-refractivity contribution in [3.8, 4) is 0 Å². The Bertz CT molecular complexity index is 238. The van der Waals surface area contributed by atoms with Gasteiger partial charge in [-0.1, -0.05) is 0 Å². The van der Waals surface area contributed by atoms with E-state index in [1.807, 2.05) is 0 Å². The Labute approximate surface area is 90.5 Å². The lowest BCUT2D eigenvalue weighted by Gasteiger charge is -2.18. The maximum absolute atomic E-state index is 11.2. The second-order valence-corrected chi connectivity index (χ2v) is 3.56. The normalized spacial score (nSPS) is 18.5. The van der Waals surface area contributed by atoms with Gasteiger partial charge < -0.3 is 14.7 Å². The Morgan fingerprint density at radius 2 is 2.47 bits per heavy atom. The zero-order valence-corrected chi connectivity index (χ0v) is 9.24. The number of carbonyl (C=O) groups excluding carboxylic acids is 1. The van der Waals surface area contributed by atoms with E-state index in [4.69, 9.17) is 9.84 Å². The molecule has 0 radical (unpaired) electrons. The van der Waals surface area contributed by atoms with Crippen LogP contribution in [-0.4, -0.2) is 42.3 Å². The Kier molecular flexibility index (Phi) is 5.18. The Morgan fingerprint density at radius 1 is 1.67 bits per heavy atom. The Morgan fingerprint density at radius 3 is 3.13 bits per heavy atom. The first-order chi connectivity index (χ1) is 7.27. The van der Waals surface area contributed by atoms with Gasteiger partial charge in [-0.3, -0.25) is 0 Å². The second kappa shape index (κ2) is 6.45. The number of allylic oxidation sites excluding steroid dienone is 1. The Hall–Kier alpha value is -1.03. The molecule has 15 heavy (non-hydrogen) atoms. The molecule has 0 amide bonds. The van der Waals surface area contributed by atoms with Crippen molar-refractivity contribution in [3.63, 3.8) is 0 Å². The summed E-state index contributed by atoms with van der Waals surface area (Å²) in [6, 6.07) is 0. The predicted molar refractivity (Wildman–Crippen MR) is 57.2 cm³/mol. The van der Waals surface area contributed by atoms with Gasteiger partial charge in [0.1, 0.15) is 0 Å². The average molecular weight is 213 g/mol. The fourth-order valence-corrected chi connectivity index (χ4v) is 1.75. The van der Waals surface area contributed by atoms with Crippen LogP contribution in [0.2, 0.25) is 0 Å². The number of nitrogens with zero attached hydrogens (tertiary/aromatic N) is 1. The molecule has 86 valence electrons. The van der Waals surface area contributed by atoms with E-state index >= 15 is 0 Å². The van der Waals surface area contributed by atoms with Crippen molar-refractivity contribution in [3.05, 3.63) is 11.8 Å². The van der Waals surface area contributed by atoms with E-state index in [9.17, 15) is 4.79 Å². The van der Waals surface area contributed by atoms with Crippen molar-refractivity contribution in [1.82, 2.24) is 4.90 Å². The summed E-state index contributed by atoms with van der Waals surface area (Å²) in [6.45, 7) is 4.21. The number of rotatable bonds is 5. The monoisotopic (exact) mass is 213 g/mol. The predicted octanol–water partition coefficient (Wildman–Crippen LogP) is 0.912. The first-order valence-corrected chi connectivity index (χ1v) is 5.51. The van der Waals surface area contributed by atoms with E-state index in [1.54, 1.807) is 13.0 Å². The molecule has 1 aliphatic rings. The molecule has 0 bridgehead atoms. The number of carbonyl (C=O) groups is 1. The molecule has 1 rings (SSSR count). The van der Waals surface area contributed by atoms with Crippen LogP contribution < -0.4 is 0 Å². The topological polar surface area (TPSA) is 49.8 Å². The molecule has 1 heterocycles. The van der Waals surface area contributed by atoms with Crippen LogP contribution >= 0.6 is 0 Å². The Balaban J connectivity index is 2.47. The molecule has 1 fully saturated rings. The van der Waals surface area contributed by atoms with E-state index in [0.717, 1.165) is 38.0 Å². The fourth-order valence-electron chi connectivity index (χ4n) is 1.75. The molecule has 1 aliphatic heterocycles. The lowest BCUT2D eigenvalue weighted by molar-refractivity contribution is -0.137. The summed E-state index contributed by atoms with van der Waals surface area (Å²) in [5.41, 5.74) is 1.04. The van der Waals surface area contributed by atoms with Crippen molar-refractivity contribution >= 4 is 5.97 Å². The number of ether oxygens (including phenoxy) is 1. The maximum Gasteiger partial charge on any atom is 0.332 e. The van der Waals surface area contributed by atoms with Gasteiger partial charge in [-0.25, -0.2) is 4.79 Å². The molecule has 0 aromatic rings.